The van der Waals surface area contributed by atoms with Gasteiger partial charge < -0.3 is 4.90 Å². The molecule has 1 aromatic carbocycles. The molecule has 11 nitrogen and oxygen atoms in total. The molecular weight excluding hydrogens is 525 g/mol. The van der Waals surface area contributed by atoms with Crippen LogP contribution in [0.15, 0.2) is 28.1 Å². The normalized spacial score (nSPS) is 19.0. The van der Waals surface area contributed by atoms with Gasteiger partial charge in [-0.2, -0.15) is 10.1 Å². The first kappa shape index (κ1) is 30.4. The van der Waals surface area contributed by atoms with Crippen molar-refractivity contribution in [2.75, 3.05) is 49.7 Å². The lowest BCUT2D eigenvalue weighted by Crippen LogP contribution is -2.58. The van der Waals surface area contributed by atoms with Gasteiger partial charge in [0.2, 0.25) is 0 Å². The summed E-state index contributed by atoms with van der Waals surface area (Å²) in [4.78, 5) is 36.5. The Morgan fingerprint density at radius 3 is 2.49 bits per heavy atom. The number of hydrazone groups is 1. The SMILES string of the molecule is C/C=N\N(C)c1ccc(CN2CCC(N3CCN(c4nc5[nH]c(=O)[nH]c5nc4OF)CC3CC)CC2)c(C)c1.CC. The summed E-state index contributed by atoms with van der Waals surface area (Å²) < 4.78 is 13.4. The summed E-state index contributed by atoms with van der Waals surface area (Å²) in [7, 11) is 1.96. The minimum absolute atomic E-state index is 0.179. The predicted octanol–water partition coefficient (Wildman–Crippen LogP) is 4.25. The fourth-order valence-electron chi connectivity index (χ4n) is 5.94. The number of nitrogens with one attached hydrogen (secondary N) is 2. The van der Waals surface area contributed by atoms with Crippen LogP contribution in [0.1, 0.15) is 58.1 Å². The summed E-state index contributed by atoms with van der Waals surface area (Å²) in [5, 5.41) is 6.23. The Kier molecular flexibility index (Phi) is 10.3. The summed E-state index contributed by atoms with van der Waals surface area (Å²) in [5.74, 6) is 0.102. The van der Waals surface area contributed by atoms with E-state index in [2.05, 4.69) is 71.8 Å². The summed E-state index contributed by atoms with van der Waals surface area (Å²) in [6.45, 7) is 15.6. The molecule has 12 heteroatoms. The van der Waals surface area contributed by atoms with Crippen molar-refractivity contribution in [2.24, 2.45) is 5.10 Å². The molecule has 2 aliphatic heterocycles. The fourth-order valence-corrected chi connectivity index (χ4v) is 5.94. The Morgan fingerprint density at radius 1 is 1.15 bits per heavy atom. The maximum Gasteiger partial charge on any atom is 0.326 e. The minimum Gasteiger partial charge on any atom is -0.349 e. The van der Waals surface area contributed by atoms with Crippen molar-refractivity contribution in [3.05, 3.63) is 39.8 Å². The smallest absolute Gasteiger partial charge is 0.326 e. The van der Waals surface area contributed by atoms with Gasteiger partial charge in [0.15, 0.2) is 17.1 Å². The molecule has 0 aliphatic carbocycles. The zero-order valence-electron chi connectivity index (χ0n) is 25.2. The van der Waals surface area contributed by atoms with Crippen LogP contribution in [0.25, 0.3) is 11.3 Å². The zero-order valence-corrected chi connectivity index (χ0v) is 25.2. The lowest BCUT2D eigenvalue weighted by molar-refractivity contribution is -0.0116. The second-order valence-electron chi connectivity index (χ2n) is 10.5. The van der Waals surface area contributed by atoms with Crippen LogP contribution in [0.5, 0.6) is 5.88 Å². The predicted molar refractivity (Wildman–Crippen MR) is 163 cm³/mol. The van der Waals surface area contributed by atoms with E-state index in [4.69, 9.17) is 0 Å². The number of anilines is 2. The average Bonchev–Trinajstić information content (AvgIpc) is 3.37. The van der Waals surface area contributed by atoms with Gasteiger partial charge in [0.05, 0.1) is 5.69 Å². The third-order valence-electron chi connectivity index (χ3n) is 8.09. The van der Waals surface area contributed by atoms with Crippen LogP contribution in [0.3, 0.4) is 0 Å². The second-order valence-corrected chi connectivity index (χ2v) is 10.5. The van der Waals surface area contributed by atoms with E-state index in [0.29, 0.717) is 36.6 Å². The number of aromatic nitrogens is 4. The van der Waals surface area contributed by atoms with E-state index in [1.807, 2.05) is 37.7 Å². The number of piperidine rings is 1. The van der Waals surface area contributed by atoms with Crippen LogP contribution < -0.4 is 20.5 Å². The number of aryl methyl sites for hydroxylation is 1. The molecule has 0 saturated carbocycles. The van der Waals surface area contributed by atoms with Crippen molar-refractivity contribution in [1.29, 1.82) is 0 Å². The molecule has 3 aromatic rings. The van der Waals surface area contributed by atoms with E-state index in [-0.39, 0.29) is 11.5 Å². The lowest BCUT2D eigenvalue weighted by Gasteiger charge is -2.47. The number of hydrogen-bond donors (Lipinski definition) is 2. The van der Waals surface area contributed by atoms with Gasteiger partial charge in [0.1, 0.15) is 0 Å². The number of piperazine rings is 1. The molecule has 2 N–H and O–H groups in total. The average molecular weight is 570 g/mol. The van der Waals surface area contributed by atoms with E-state index in [0.717, 1.165) is 51.1 Å². The highest BCUT2D eigenvalue weighted by Gasteiger charge is 2.35. The summed E-state index contributed by atoms with van der Waals surface area (Å²) in [6, 6.07) is 7.40. The first-order valence-electron chi connectivity index (χ1n) is 14.7. The number of imidazole rings is 1. The van der Waals surface area contributed by atoms with Gasteiger partial charge in [0.25, 0.3) is 0 Å². The van der Waals surface area contributed by atoms with E-state index in [1.165, 1.54) is 11.1 Å². The van der Waals surface area contributed by atoms with Gasteiger partial charge in [-0.3, -0.25) is 29.7 Å². The molecule has 5 rings (SSSR count). The Hall–Kier alpha value is -3.51. The van der Waals surface area contributed by atoms with E-state index in [1.54, 1.807) is 6.21 Å². The van der Waals surface area contributed by atoms with Gasteiger partial charge in [0, 0.05) is 56.1 Å². The van der Waals surface area contributed by atoms with Crippen molar-refractivity contribution >= 4 is 29.0 Å². The Balaban J connectivity index is 0.00000189. The number of rotatable bonds is 8. The van der Waals surface area contributed by atoms with Crippen molar-refractivity contribution in [1.82, 2.24) is 29.7 Å². The van der Waals surface area contributed by atoms with Gasteiger partial charge in [-0.25, -0.2) is 9.78 Å². The third-order valence-corrected chi connectivity index (χ3v) is 8.09. The quantitative estimate of drug-likeness (QED) is 0.306. The first-order valence-corrected chi connectivity index (χ1v) is 14.7. The zero-order chi connectivity index (χ0) is 29.5. The highest BCUT2D eigenvalue weighted by molar-refractivity contribution is 5.70. The summed E-state index contributed by atoms with van der Waals surface area (Å²) in [6.07, 6.45) is 5.01. The molecule has 2 fully saturated rings. The lowest BCUT2D eigenvalue weighted by atomic mass is 9.97. The van der Waals surface area contributed by atoms with Crippen molar-refractivity contribution in [3.8, 4) is 5.88 Å². The van der Waals surface area contributed by atoms with Gasteiger partial charge in [-0.05, 0) is 69.5 Å². The number of likely N-dealkylation sites (tertiary alicyclic amines) is 1. The number of nitrogens with zero attached hydrogens (tertiary/aromatic N) is 7. The fraction of sp³-hybridized carbons (Fsp3) is 0.586. The Morgan fingerprint density at radius 2 is 1.85 bits per heavy atom. The molecule has 0 spiro atoms. The molecule has 2 saturated heterocycles. The number of H-pyrrole nitrogens is 2. The largest absolute Gasteiger partial charge is 0.349 e. The Labute approximate surface area is 241 Å². The maximum absolute atomic E-state index is 13.4. The number of fused-ring (bicyclic) bond motifs is 1. The minimum atomic E-state index is -0.434. The number of halogens is 1. The van der Waals surface area contributed by atoms with Gasteiger partial charge in [-0.1, -0.05) is 26.8 Å². The van der Waals surface area contributed by atoms with E-state index >= 15 is 0 Å². The van der Waals surface area contributed by atoms with Crippen molar-refractivity contribution in [2.45, 2.75) is 72.5 Å². The molecule has 41 heavy (non-hydrogen) atoms. The monoisotopic (exact) mass is 569 g/mol. The summed E-state index contributed by atoms with van der Waals surface area (Å²) >= 11 is 0. The van der Waals surface area contributed by atoms with Crippen LogP contribution in [-0.2, 0) is 6.54 Å². The second kappa shape index (κ2) is 13.9. The highest BCUT2D eigenvalue weighted by atomic mass is 19.3. The standard InChI is InChI=1S/C27H38FN9O2.C2H6/c1-5-20-17-36(25-26(39-28)31-24-23(30-25)32-27(38)33-24)13-14-37(20)21-9-11-35(12-10-21)16-19-7-8-22(15-18(19)3)34(4)29-6-2;1-2/h6-8,15,20-21H,5,9-14,16-17H2,1-4H3,(H2,30,31,32,33,38);1-2H3/b29-6-;. The number of hydrogen-bond acceptors (Lipinski definition) is 9. The summed E-state index contributed by atoms with van der Waals surface area (Å²) in [5.41, 5.74) is 3.78. The maximum atomic E-state index is 13.4. The number of aromatic amines is 2. The van der Waals surface area contributed by atoms with Gasteiger partial charge >= 0.3 is 11.6 Å². The molecular formula is C29H44FN9O2. The van der Waals surface area contributed by atoms with Crippen molar-refractivity contribution in [3.63, 3.8) is 0 Å². The van der Waals surface area contributed by atoms with Crippen LogP contribution in [-0.4, -0.2) is 87.8 Å². The molecule has 2 aromatic heterocycles. The van der Waals surface area contributed by atoms with Gasteiger partial charge in [-0.15, -0.1) is 0 Å². The van der Waals surface area contributed by atoms with Crippen LogP contribution in [0, 0.1) is 6.92 Å². The van der Waals surface area contributed by atoms with Crippen molar-refractivity contribution < 1.29 is 9.47 Å². The molecule has 1 unspecified atom stereocenters. The molecule has 4 heterocycles. The third kappa shape index (κ3) is 6.87. The molecule has 0 bridgehead atoms. The van der Waals surface area contributed by atoms with Crippen LogP contribution >= 0.6 is 0 Å². The molecule has 0 amide bonds. The molecule has 0 radical (unpaired) electrons. The highest BCUT2D eigenvalue weighted by Crippen LogP contribution is 2.31. The van der Waals surface area contributed by atoms with Crippen LogP contribution in [0.2, 0.25) is 0 Å². The number of benzene rings is 1. The Bertz CT molecular complexity index is 1370. The molecule has 2 aliphatic rings. The topological polar surface area (TPSA) is 109 Å². The molecule has 224 valence electrons. The van der Waals surface area contributed by atoms with Crippen LogP contribution in [0.4, 0.5) is 16.0 Å². The van der Waals surface area contributed by atoms with E-state index < -0.39 is 5.69 Å². The molecule has 1 atom stereocenters. The first-order chi connectivity index (χ1) is 19.9. The van der Waals surface area contributed by atoms with E-state index in [9.17, 15) is 9.32 Å².